The fourth-order valence-corrected chi connectivity index (χ4v) is 3.05. The molecule has 1 unspecified atom stereocenters. The normalized spacial score (nSPS) is 19.1. The van der Waals surface area contributed by atoms with E-state index < -0.39 is 0 Å². The van der Waals surface area contributed by atoms with E-state index in [1.165, 1.54) is 5.56 Å². The van der Waals surface area contributed by atoms with E-state index in [9.17, 15) is 0 Å². The molecule has 2 rings (SSSR count). The number of nitrogens with zero attached hydrogens (tertiary/aromatic N) is 3. The SMILES string of the molecule is CN(C)CCN1CCN(C(CN)c2cccc(Cl)c2)CC1. The van der Waals surface area contributed by atoms with Gasteiger partial charge in [-0.2, -0.15) is 0 Å². The van der Waals surface area contributed by atoms with E-state index in [4.69, 9.17) is 17.3 Å². The quantitative estimate of drug-likeness (QED) is 0.864. The highest BCUT2D eigenvalue weighted by molar-refractivity contribution is 6.30. The summed E-state index contributed by atoms with van der Waals surface area (Å²) in [7, 11) is 4.25. The third-order valence-electron chi connectivity index (χ3n) is 4.17. The first-order valence-corrected chi connectivity index (χ1v) is 8.04. The van der Waals surface area contributed by atoms with Crippen molar-refractivity contribution in [3.63, 3.8) is 0 Å². The van der Waals surface area contributed by atoms with Gasteiger partial charge in [-0.05, 0) is 31.8 Å². The van der Waals surface area contributed by atoms with Crippen LogP contribution < -0.4 is 5.73 Å². The lowest BCUT2D eigenvalue weighted by molar-refractivity contribution is 0.0940. The van der Waals surface area contributed by atoms with Crippen LogP contribution in [0, 0.1) is 0 Å². The Morgan fingerprint density at radius 1 is 1.24 bits per heavy atom. The molecule has 4 nitrogen and oxygen atoms in total. The highest BCUT2D eigenvalue weighted by atomic mass is 35.5. The predicted molar refractivity (Wildman–Crippen MR) is 89.8 cm³/mol. The Balaban J connectivity index is 1.90. The van der Waals surface area contributed by atoms with E-state index in [1.54, 1.807) is 0 Å². The summed E-state index contributed by atoms with van der Waals surface area (Å²) in [5.74, 6) is 0. The second kappa shape index (κ2) is 8.11. The maximum Gasteiger partial charge on any atom is 0.0472 e. The molecule has 0 spiro atoms. The lowest BCUT2D eigenvalue weighted by Gasteiger charge is -2.39. The molecule has 0 aromatic heterocycles. The van der Waals surface area contributed by atoms with Crippen molar-refractivity contribution in [1.29, 1.82) is 0 Å². The van der Waals surface area contributed by atoms with Crippen LogP contribution in [0.5, 0.6) is 0 Å². The number of hydrogen-bond donors (Lipinski definition) is 1. The molecule has 0 aliphatic carbocycles. The highest BCUT2D eigenvalue weighted by Gasteiger charge is 2.24. The van der Waals surface area contributed by atoms with Crippen molar-refractivity contribution in [2.45, 2.75) is 6.04 Å². The van der Waals surface area contributed by atoms with Gasteiger partial charge in [-0.1, -0.05) is 23.7 Å². The van der Waals surface area contributed by atoms with Crippen LogP contribution in [0.15, 0.2) is 24.3 Å². The molecule has 1 atom stereocenters. The molecule has 1 fully saturated rings. The predicted octanol–water partition coefficient (Wildman–Crippen LogP) is 1.52. The molecule has 1 aliphatic heterocycles. The van der Waals surface area contributed by atoms with Crippen molar-refractivity contribution in [2.24, 2.45) is 5.73 Å². The number of nitrogens with two attached hydrogens (primary N) is 1. The first-order valence-electron chi connectivity index (χ1n) is 7.67. The summed E-state index contributed by atoms with van der Waals surface area (Å²) in [6.07, 6.45) is 0. The monoisotopic (exact) mass is 310 g/mol. The second-order valence-corrected chi connectivity index (χ2v) is 6.42. The summed E-state index contributed by atoms with van der Waals surface area (Å²) < 4.78 is 0. The van der Waals surface area contributed by atoms with Crippen molar-refractivity contribution in [3.8, 4) is 0 Å². The summed E-state index contributed by atoms with van der Waals surface area (Å²) in [5, 5.41) is 0.788. The Morgan fingerprint density at radius 3 is 2.52 bits per heavy atom. The van der Waals surface area contributed by atoms with E-state index in [1.807, 2.05) is 18.2 Å². The van der Waals surface area contributed by atoms with Crippen molar-refractivity contribution < 1.29 is 0 Å². The summed E-state index contributed by atoms with van der Waals surface area (Å²) in [6, 6.07) is 8.37. The molecule has 1 aromatic carbocycles. The van der Waals surface area contributed by atoms with Crippen LogP contribution >= 0.6 is 11.6 Å². The number of benzene rings is 1. The van der Waals surface area contributed by atoms with Gasteiger partial charge in [0.1, 0.15) is 0 Å². The molecular formula is C16H27ClN4. The van der Waals surface area contributed by atoms with Crippen LogP contribution in [0.4, 0.5) is 0 Å². The van der Waals surface area contributed by atoms with Gasteiger partial charge in [-0.25, -0.2) is 0 Å². The molecular weight excluding hydrogens is 284 g/mol. The fraction of sp³-hybridized carbons (Fsp3) is 0.625. The number of hydrogen-bond acceptors (Lipinski definition) is 4. The molecule has 0 bridgehead atoms. The zero-order valence-electron chi connectivity index (χ0n) is 13.1. The van der Waals surface area contributed by atoms with Gasteiger partial charge in [-0.3, -0.25) is 9.80 Å². The van der Waals surface area contributed by atoms with Crippen molar-refractivity contribution >= 4 is 11.6 Å². The van der Waals surface area contributed by atoms with Crippen LogP contribution in [-0.4, -0.2) is 74.6 Å². The van der Waals surface area contributed by atoms with E-state index in [2.05, 4.69) is 34.9 Å². The van der Waals surface area contributed by atoms with Crippen LogP contribution in [0.2, 0.25) is 5.02 Å². The minimum atomic E-state index is 0.277. The van der Waals surface area contributed by atoms with Gasteiger partial charge in [-0.15, -0.1) is 0 Å². The molecule has 1 aliphatic rings. The van der Waals surface area contributed by atoms with Gasteiger partial charge >= 0.3 is 0 Å². The summed E-state index contributed by atoms with van der Waals surface area (Å²) >= 11 is 6.11. The second-order valence-electron chi connectivity index (χ2n) is 5.99. The van der Waals surface area contributed by atoms with Crippen molar-refractivity contribution in [1.82, 2.24) is 14.7 Å². The van der Waals surface area contributed by atoms with Gasteiger partial charge in [0.15, 0.2) is 0 Å². The summed E-state index contributed by atoms with van der Waals surface area (Å²) in [5.41, 5.74) is 7.24. The van der Waals surface area contributed by atoms with Crippen LogP contribution in [0.25, 0.3) is 0 Å². The highest BCUT2D eigenvalue weighted by Crippen LogP contribution is 2.23. The zero-order chi connectivity index (χ0) is 15.2. The minimum absolute atomic E-state index is 0.277. The van der Waals surface area contributed by atoms with Crippen molar-refractivity contribution in [2.75, 3.05) is 59.9 Å². The van der Waals surface area contributed by atoms with Gasteiger partial charge in [0.25, 0.3) is 0 Å². The zero-order valence-corrected chi connectivity index (χ0v) is 13.9. The van der Waals surface area contributed by atoms with E-state index in [0.29, 0.717) is 6.54 Å². The number of halogens is 1. The van der Waals surface area contributed by atoms with Crippen molar-refractivity contribution in [3.05, 3.63) is 34.9 Å². The van der Waals surface area contributed by atoms with Crippen LogP contribution in [0.1, 0.15) is 11.6 Å². The minimum Gasteiger partial charge on any atom is -0.329 e. The molecule has 1 heterocycles. The molecule has 0 saturated carbocycles. The van der Waals surface area contributed by atoms with Crippen LogP contribution in [-0.2, 0) is 0 Å². The molecule has 0 radical (unpaired) electrons. The maximum absolute atomic E-state index is 6.11. The van der Waals surface area contributed by atoms with Gasteiger partial charge < -0.3 is 10.6 Å². The average molecular weight is 311 g/mol. The van der Waals surface area contributed by atoms with E-state index in [-0.39, 0.29) is 6.04 Å². The molecule has 5 heteroatoms. The molecule has 21 heavy (non-hydrogen) atoms. The fourth-order valence-electron chi connectivity index (χ4n) is 2.85. The number of piperazine rings is 1. The van der Waals surface area contributed by atoms with Crippen LogP contribution in [0.3, 0.4) is 0 Å². The topological polar surface area (TPSA) is 35.7 Å². The molecule has 0 amide bonds. The molecule has 1 saturated heterocycles. The van der Waals surface area contributed by atoms with E-state index in [0.717, 1.165) is 44.3 Å². The maximum atomic E-state index is 6.11. The van der Waals surface area contributed by atoms with Gasteiger partial charge in [0, 0.05) is 56.9 Å². The third kappa shape index (κ3) is 4.94. The summed E-state index contributed by atoms with van der Waals surface area (Å²) in [4.78, 5) is 7.25. The third-order valence-corrected chi connectivity index (χ3v) is 4.40. The largest absolute Gasteiger partial charge is 0.329 e. The lowest BCUT2D eigenvalue weighted by Crippen LogP contribution is -2.50. The molecule has 2 N–H and O–H groups in total. The Kier molecular flexibility index (Phi) is 6.45. The first-order chi connectivity index (χ1) is 10.1. The summed E-state index contributed by atoms with van der Waals surface area (Å²) in [6.45, 7) is 7.28. The Bertz CT molecular complexity index is 430. The number of likely N-dealkylation sites (N-methyl/N-ethyl adjacent to an activating group) is 1. The van der Waals surface area contributed by atoms with E-state index >= 15 is 0 Å². The van der Waals surface area contributed by atoms with Gasteiger partial charge in [0.05, 0.1) is 0 Å². The Labute approximate surface area is 133 Å². The lowest BCUT2D eigenvalue weighted by atomic mass is 10.0. The standard InChI is InChI=1S/C16H27ClN4/c1-19(2)6-7-20-8-10-21(11-9-20)16(13-18)14-4-3-5-15(17)12-14/h3-5,12,16H,6-11,13,18H2,1-2H3. The first kappa shape index (κ1) is 16.7. The Hall–Kier alpha value is -0.650. The smallest absolute Gasteiger partial charge is 0.0472 e. The molecule has 1 aromatic rings. The van der Waals surface area contributed by atoms with Gasteiger partial charge in [0.2, 0.25) is 0 Å². The Morgan fingerprint density at radius 2 is 1.95 bits per heavy atom. The molecule has 118 valence electrons. The number of rotatable bonds is 6. The average Bonchev–Trinajstić information content (AvgIpc) is 2.47.